The summed E-state index contributed by atoms with van der Waals surface area (Å²) < 4.78 is 10.3. The maximum absolute atomic E-state index is 12.5. The molecule has 0 bridgehead atoms. The molecule has 0 spiro atoms. The zero-order chi connectivity index (χ0) is 23.3. The Kier molecular flexibility index (Phi) is 7.49. The first-order valence-corrected chi connectivity index (χ1v) is 10.7. The molecule has 0 atom stereocenters. The van der Waals surface area contributed by atoms with E-state index in [1.807, 2.05) is 0 Å². The van der Waals surface area contributed by atoms with Crippen molar-refractivity contribution in [3.63, 3.8) is 0 Å². The molecule has 0 aliphatic carbocycles. The van der Waals surface area contributed by atoms with E-state index in [2.05, 4.69) is 15.6 Å². The minimum absolute atomic E-state index is 0.0125. The fourth-order valence-corrected chi connectivity index (χ4v) is 3.67. The maximum atomic E-state index is 12.5. The first kappa shape index (κ1) is 23.3. The third kappa shape index (κ3) is 5.86. The number of carbonyl (C=O) groups excluding carboxylic acids is 3. The van der Waals surface area contributed by atoms with Gasteiger partial charge in [0.1, 0.15) is 11.5 Å². The van der Waals surface area contributed by atoms with E-state index >= 15 is 0 Å². The molecule has 0 aliphatic heterocycles. The number of nitrogens with zero attached hydrogens (tertiary/aromatic N) is 2. The number of nitrogens with one attached hydrogen (secondary N) is 2. The van der Waals surface area contributed by atoms with E-state index in [9.17, 15) is 14.4 Å². The van der Waals surface area contributed by atoms with Crippen LogP contribution in [0.4, 0.5) is 10.8 Å². The Bertz CT molecular complexity index is 1140. The van der Waals surface area contributed by atoms with Gasteiger partial charge in [-0.2, -0.15) is 0 Å². The van der Waals surface area contributed by atoms with Crippen LogP contribution in [-0.2, 0) is 16.0 Å². The number of thiazole rings is 1. The minimum Gasteiger partial charge on any atom is -0.495 e. The summed E-state index contributed by atoms with van der Waals surface area (Å²) >= 11 is 7.17. The highest BCUT2D eigenvalue weighted by atomic mass is 35.5. The number of amides is 3. The third-order valence-electron chi connectivity index (χ3n) is 4.45. The van der Waals surface area contributed by atoms with Crippen LogP contribution >= 0.6 is 22.9 Å². The number of benzene rings is 1. The predicted molar refractivity (Wildman–Crippen MR) is 121 cm³/mol. The monoisotopic (exact) mass is 476 g/mol. The Balaban J connectivity index is 1.53. The highest BCUT2D eigenvalue weighted by Gasteiger charge is 2.18. The molecule has 3 rings (SSSR count). The predicted octanol–water partition coefficient (Wildman–Crippen LogP) is 3.60. The molecule has 2 aromatic heterocycles. The first-order valence-electron chi connectivity index (χ1n) is 9.44. The van der Waals surface area contributed by atoms with Crippen molar-refractivity contribution in [2.24, 2.45) is 0 Å². The lowest BCUT2D eigenvalue weighted by molar-refractivity contribution is -0.132. The molecule has 1 aromatic carbocycles. The van der Waals surface area contributed by atoms with Crippen molar-refractivity contribution in [1.29, 1.82) is 0 Å². The summed E-state index contributed by atoms with van der Waals surface area (Å²) in [5.41, 5.74) is 1.32. The fraction of sp³-hybridized carbons (Fsp3) is 0.238. The van der Waals surface area contributed by atoms with Crippen LogP contribution in [0.2, 0.25) is 5.02 Å². The van der Waals surface area contributed by atoms with Crippen molar-refractivity contribution in [2.45, 2.75) is 13.3 Å². The highest BCUT2D eigenvalue weighted by molar-refractivity contribution is 7.14. The maximum Gasteiger partial charge on any atom is 0.260 e. The van der Waals surface area contributed by atoms with Gasteiger partial charge in [0.15, 0.2) is 5.13 Å². The van der Waals surface area contributed by atoms with E-state index in [-0.39, 0.29) is 24.8 Å². The van der Waals surface area contributed by atoms with Crippen LogP contribution in [0, 0.1) is 6.92 Å². The van der Waals surface area contributed by atoms with E-state index in [4.69, 9.17) is 20.8 Å². The largest absolute Gasteiger partial charge is 0.495 e. The van der Waals surface area contributed by atoms with E-state index < -0.39 is 5.91 Å². The highest BCUT2D eigenvalue weighted by Crippen LogP contribution is 2.27. The fourth-order valence-electron chi connectivity index (χ4n) is 2.79. The number of carbonyl (C=O) groups is 3. The second-order valence-corrected chi connectivity index (χ2v) is 8.10. The van der Waals surface area contributed by atoms with Gasteiger partial charge in [-0.15, -0.1) is 11.3 Å². The van der Waals surface area contributed by atoms with Crippen molar-refractivity contribution in [2.75, 3.05) is 31.3 Å². The summed E-state index contributed by atoms with van der Waals surface area (Å²) in [6.45, 7) is 1.53. The molecule has 32 heavy (non-hydrogen) atoms. The van der Waals surface area contributed by atoms with Crippen LogP contribution in [0.25, 0.3) is 0 Å². The molecular weight excluding hydrogens is 456 g/mol. The second-order valence-electron chi connectivity index (χ2n) is 6.81. The number of anilines is 2. The summed E-state index contributed by atoms with van der Waals surface area (Å²) in [6.07, 6.45) is 1.42. The number of ether oxygens (including phenoxy) is 1. The summed E-state index contributed by atoms with van der Waals surface area (Å²) in [5, 5.41) is 7.86. The molecule has 0 unspecified atom stereocenters. The second kappa shape index (κ2) is 10.3. The lowest BCUT2D eigenvalue weighted by atomic mass is 10.2. The number of hydrogen-bond acceptors (Lipinski definition) is 7. The molecule has 2 N–H and O–H groups in total. The minimum atomic E-state index is -0.400. The number of aryl methyl sites for hydroxylation is 1. The van der Waals surface area contributed by atoms with E-state index in [1.165, 1.54) is 36.7 Å². The van der Waals surface area contributed by atoms with Gasteiger partial charge in [-0.3, -0.25) is 19.7 Å². The van der Waals surface area contributed by atoms with Crippen LogP contribution in [-0.4, -0.2) is 48.3 Å². The van der Waals surface area contributed by atoms with Gasteiger partial charge in [-0.1, -0.05) is 11.6 Å². The van der Waals surface area contributed by atoms with E-state index in [0.29, 0.717) is 38.6 Å². The number of rotatable bonds is 8. The Hall–Kier alpha value is -3.37. The number of likely N-dealkylation sites (N-methyl/N-ethyl adjacent to an activating group) is 1. The topological polar surface area (TPSA) is 114 Å². The SMILES string of the molecule is COc1ccc(Cl)cc1NC(=O)CN(C)C(=O)Cc1csc(NC(=O)c2ccoc2C)n1. The summed E-state index contributed by atoms with van der Waals surface area (Å²) in [4.78, 5) is 42.6. The lowest BCUT2D eigenvalue weighted by Gasteiger charge is -2.17. The summed E-state index contributed by atoms with van der Waals surface area (Å²) in [5.74, 6) is -0.0759. The van der Waals surface area contributed by atoms with Gasteiger partial charge in [0.05, 0.1) is 43.3 Å². The van der Waals surface area contributed by atoms with Crippen molar-refractivity contribution < 1.29 is 23.5 Å². The molecular formula is C21H21ClN4O5S. The van der Waals surface area contributed by atoms with Crippen LogP contribution in [0.3, 0.4) is 0 Å². The van der Waals surface area contributed by atoms with Gasteiger partial charge in [-0.05, 0) is 31.2 Å². The Labute approximate surface area is 193 Å². The van der Waals surface area contributed by atoms with Crippen LogP contribution < -0.4 is 15.4 Å². The molecule has 0 radical (unpaired) electrons. The van der Waals surface area contributed by atoms with Crippen LogP contribution in [0.1, 0.15) is 21.8 Å². The smallest absolute Gasteiger partial charge is 0.260 e. The van der Waals surface area contributed by atoms with Gasteiger partial charge >= 0.3 is 0 Å². The Morgan fingerprint density at radius 1 is 1.25 bits per heavy atom. The van der Waals surface area contributed by atoms with Crippen molar-refractivity contribution in [1.82, 2.24) is 9.88 Å². The Morgan fingerprint density at radius 3 is 2.72 bits per heavy atom. The van der Waals surface area contributed by atoms with Crippen molar-refractivity contribution >= 4 is 51.5 Å². The molecule has 168 valence electrons. The van der Waals surface area contributed by atoms with Gasteiger partial charge < -0.3 is 19.4 Å². The van der Waals surface area contributed by atoms with Crippen LogP contribution in [0.15, 0.2) is 40.3 Å². The molecule has 0 fully saturated rings. The standard InChI is InChI=1S/C21H21ClN4O5S/c1-12-15(6-7-31-12)20(29)25-21-23-14(11-32-21)9-19(28)26(2)10-18(27)24-16-8-13(22)4-5-17(16)30-3/h4-8,11H,9-10H2,1-3H3,(H,24,27)(H,23,25,29). The average Bonchev–Trinajstić information content (AvgIpc) is 3.36. The zero-order valence-corrected chi connectivity index (χ0v) is 19.2. The molecule has 9 nitrogen and oxygen atoms in total. The van der Waals surface area contributed by atoms with Gasteiger partial charge in [-0.25, -0.2) is 4.98 Å². The van der Waals surface area contributed by atoms with Crippen molar-refractivity contribution in [3.05, 3.63) is 57.9 Å². The first-order chi connectivity index (χ1) is 15.3. The summed E-state index contributed by atoms with van der Waals surface area (Å²) in [6, 6.07) is 6.42. The number of furan rings is 1. The number of methoxy groups -OCH3 is 1. The summed E-state index contributed by atoms with van der Waals surface area (Å²) in [7, 11) is 3.00. The lowest BCUT2D eigenvalue weighted by Crippen LogP contribution is -2.35. The molecule has 0 saturated heterocycles. The average molecular weight is 477 g/mol. The van der Waals surface area contributed by atoms with Gasteiger partial charge in [0.25, 0.3) is 5.91 Å². The normalized spacial score (nSPS) is 10.5. The molecule has 0 saturated carbocycles. The molecule has 0 aliphatic rings. The van der Waals surface area contributed by atoms with E-state index in [0.717, 1.165) is 0 Å². The third-order valence-corrected chi connectivity index (χ3v) is 5.49. The van der Waals surface area contributed by atoms with E-state index in [1.54, 1.807) is 36.6 Å². The number of hydrogen-bond donors (Lipinski definition) is 2. The molecule has 2 heterocycles. The quantitative estimate of drug-likeness (QED) is 0.513. The van der Waals surface area contributed by atoms with Gasteiger partial charge in [0.2, 0.25) is 11.8 Å². The molecule has 3 aromatic rings. The molecule has 3 amide bonds. The molecule has 11 heteroatoms. The van der Waals surface area contributed by atoms with Gasteiger partial charge in [0, 0.05) is 17.5 Å². The Morgan fingerprint density at radius 2 is 2.03 bits per heavy atom. The zero-order valence-electron chi connectivity index (χ0n) is 17.6. The van der Waals surface area contributed by atoms with Crippen molar-refractivity contribution in [3.8, 4) is 5.75 Å². The van der Waals surface area contributed by atoms with Crippen LogP contribution in [0.5, 0.6) is 5.75 Å². The number of aromatic nitrogens is 1. The number of halogens is 1.